The van der Waals surface area contributed by atoms with Gasteiger partial charge in [-0.2, -0.15) is 9.97 Å². The average Bonchev–Trinajstić information content (AvgIpc) is 3.14. The molecule has 3 aromatic rings. The molecule has 0 unspecified atom stereocenters. The molecule has 4 heterocycles. The second kappa shape index (κ2) is 10.9. The largest absolute Gasteiger partial charge is 0.477 e. The van der Waals surface area contributed by atoms with Crippen LogP contribution in [-0.4, -0.2) is 61.8 Å². The molecule has 1 saturated heterocycles. The Morgan fingerprint density at radius 3 is 2.50 bits per heavy atom. The minimum absolute atomic E-state index is 0.0490. The Kier molecular flexibility index (Phi) is 7.38. The van der Waals surface area contributed by atoms with E-state index in [1.54, 1.807) is 19.1 Å². The molecule has 2 aliphatic rings. The predicted molar refractivity (Wildman–Crippen MR) is 144 cm³/mol. The summed E-state index contributed by atoms with van der Waals surface area (Å²) in [5, 5.41) is 34.1. The number of nitrogens with zero attached hydrogens (tertiary/aromatic N) is 6. The lowest BCUT2D eigenvalue weighted by Gasteiger charge is -2.33. The van der Waals surface area contributed by atoms with Gasteiger partial charge in [-0.15, -0.1) is 0 Å². The lowest BCUT2D eigenvalue weighted by molar-refractivity contribution is -0.384. The van der Waals surface area contributed by atoms with Gasteiger partial charge >= 0.3 is 5.97 Å². The number of hydrogen-bond acceptors (Lipinski definition) is 11. The first-order valence-corrected chi connectivity index (χ1v) is 13.4. The first-order chi connectivity index (χ1) is 18.3. The summed E-state index contributed by atoms with van der Waals surface area (Å²) >= 11 is 1.04. The molecule has 0 saturated carbocycles. The molecule has 2 aliphatic heterocycles. The molecule has 13 heteroatoms. The Hall–Kier alpha value is -3.84. The van der Waals surface area contributed by atoms with Gasteiger partial charge in [-0.3, -0.25) is 15.4 Å². The Morgan fingerprint density at radius 2 is 1.84 bits per heavy atom. The van der Waals surface area contributed by atoms with Crippen LogP contribution >= 0.6 is 11.3 Å². The normalized spacial score (nSPS) is 16.2. The standard InChI is InChI=1S/C25H29N7O5S/c1-15-20(23(34)35)38-25(26-15)29-24-27-21(30-12-9-18(33)10-13-30)19-4-2-3-11-31(22(19)28-24)14-16-5-7-17(8-6-16)32(36)37/h5-8,18,33H,2-4,9-14H2,1H3,(H,34,35)(H,26,27,28,29). The number of aryl methyl sites for hydroxylation is 1. The highest BCUT2D eigenvalue weighted by atomic mass is 32.1. The molecule has 1 fully saturated rings. The fourth-order valence-corrected chi connectivity index (χ4v) is 5.69. The van der Waals surface area contributed by atoms with Crippen molar-refractivity contribution in [2.24, 2.45) is 0 Å². The number of piperidine rings is 1. The van der Waals surface area contributed by atoms with Crippen molar-refractivity contribution in [3.05, 3.63) is 56.1 Å². The second-order valence-electron chi connectivity index (χ2n) is 9.56. The van der Waals surface area contributed by atoms with Gasteiger partial charge < -0.3 is 20.0 Å². The van der Waals surface area contributed by atoms with Gasteiger partial charge in [-0.1, -0.05) is 23.5 Å². The molecule has 200 valence electrons. The summed E-state index contributed by atoms with van der Waals surface area (Å²) in [6.07, 6.45) is 3.72. The van der Waals surface area contributed by atoms with Gasteiger partial charge in [0.15, 0.2) is 5.13 Å². The number of aliphatic hydroxyl groups excluding tert-OH is 1. The number of benzene rings is 1. The van der Waals surface area contributed by atoms with Crippen LogP contribution in [-0.2, 0) is 13.0 Å². The van der Waals surface area contributed by atoms with Gasteiger partial charge in [0.05, 0.1) is 16.7 Å². The number of nitro benzene ring substituents is 1. The molecular formula is C25H29N7O5S. The van der Waals surface area contributed by atoms with Crippen molar-refractivity contribution in [3.8, 4) is 0 Å². The van der Waals surface area contributed by atoms with Crippen molar-refractivity contribution in [1.29, 1.82) is 0 Å². The van der Waals surface area contributed by atoms with Crippen molar-refractivity contribution in [3.63, 3.8) is 0 Å². The quantitative estimate of drug-likeness (QED) is 0.295. The van der Waals surface area contributed by atoms with E-state index in [4.69, 9.17) is 9.97 Å². The Morgan fingerprint density at radius 1 is 1.13 bits per heavy atom. The topological polar surface area (TPSA) is 158 Å². The fourth-order valence-electron chi connectivity index (χ4n) is 4.89. The molecule has 1 aromatic carbocycles. The molecule has 0 atom stereocenters. The van der Waals surface area contributed by atoms with Gasteiger partial charge in [0.1, 0.15) is 16.5 Å². The van der Waals surface area contributed by atoms with E-state index in [0.717, 1.165) is 59.9 Å². The van der Waals surface area contributed by atoms with E-state index in [1.165, 1.54) is 12.1 Å². The first kappa shape index (κ1) is 25.8. The monoisotopic (exact) mass is 539 g/mol. The summed E-state index contributed by atoms with van der Waals surface area (Å²) in [5.41, 5.74) is 2.44. The maximum atomic E-state index is 11.5. The molecule has 2 aromatic heterocycles. The van der Waals surface area contributed by atoms with Crippen LogP contribution in [0.4, 0.5) is 28.4 Å². The van der Waals surface area contributed by atoms with Gasteiger partial charge in [-0.05, 0) is 44.6 Å². The van der Waals surface area contributed by atoms with Gasteiger partial charge in [0.25, 0.3) is 5.69 Å². The summed E-state index contributed by atoms with van der Waals surface area (Å²) in [7, 11) is 0. The highest BCUT2D eigenvalue weighted by molar-refractivity contribution is 7.17. The minimum Gasteiger partial charge on any atom is -0.477 e. The number of carboxylic acids is 1. The molecule has 0 bridgehead atoms. The number of aliphatic hydroxyl groups is 1. The smallest absolute Gasteiger partial charge is 0.347 e. The summed E-state index contributed by atoms with van der Waals surface area (Å²) < 4.78 is 0. The molecule has 0 amide bonds. The molecule has 38 heavy (non-hydrogen) atoms. The van der Waals surface area contributed by atoms with Gasteiger partial charge in [0.2, 0.25) is 5.95 Å². The Labute approximate surface area is 223 Å². The number of aromatic nitrogens is 3. The van der Waals surface area contributed by atoms with E-state index in [9.17, 15) is 25.1 Å². The van der Waals surface area contributed by atoms with Crippen molar-refractivity contribution in [2.75, 3.05) is 34.8 Å². The van der Waals surface area contributed by atoms with Crippen LogP contribution in [0, 0.1) is 17.0 Å². The zero-order valence-corrected chi connectivity index (χ0v) is 21.8. The number of carbonyl (C=O) groups is 1. The summed E-state index contributed by atoms with van der Waals surface area (Å²) in [5.74, 6) is 0.891. The van der Waals surface area contributed by atoms with E-state index in [0.29, 0.717) is 49.2 Å². The van der Waals surface area contributed by atoms with E-state index < -0.39 is 10.9 Å². The van der Waals surface area contributed by atoms with Crippen LogP contribution in [0.15, 0.2) is 24.3 Å². The maximum Gasteiger partial charge on any atom is 0.347 e. The number of fused-ring (bicyclic) bond motifs is 1. The molecule has 0 spiro atoms. The number of non-ortho nitro benzene ring substituents is 1. The number of aromatic carboxylic acids is 1. The third kappa shape index (κ3) is 5.53. The Bertz CT molecular complexity index is 1340. The number of carboxylic acid groups (broad SMARTS) is 1. The molecule has 0 radical (unpaired) electrons. The number of nitrogens with one attached hydrogen (secondary N) is 1. The predicted octanol–water partition coefficient (Wildman–Crippen LogP) is 3.90. The number of nitro groups is 1. The maximum absolute atomic E-state index is 11.5. The van der Waals surface area contributed by atoms with Crippen molar-refractivity contribution >= 4 is 45.7 Å². The van der Waals surface area contributed by atoms with Crippen LogP contribution in [0.1, 0.15) is 52.2 Å². The van der Waals surface area contributed by atoms with Crippen LogP contribution in [0.5, 0.6) is 0 Å². The van der Waals surface area contributed by atoms with E-state index in [2.05, 4.69) is 20.1 Å². The molecular weight excluding hydrogens is 510 g/mol. The van der Waals surface area contributed by atoms with E-state index in [-0.39, 0.29) is 16.7 Å². The van der Waals surface area contributed by atoms with Crippen molar-refractivity contribution < 1.29 is 19.9 Å². The SMILES string of the molecule is Cc1nc(Nc2nc(N3CCC(O)CC3)c3c(n2)N(Cc2ccc([N+](=O)[O-])cc2)CCCC3)sc1C(=O)O. The number of hydrogen-bond donors (Lipinski definition) is 3. The molecule has 0 aliphatic carbocycles. The highest BCUT2D eigenvalue weighted by Gasteiger charge is 2.28. The summed E-state index contributed by atoms with van der Waals surface area (Å²) in [4.78, 5) is 40.8. The second-order valence-corrected chi connectivity index (χ2v) is 10.6. The van der Waals surface area contributed by atoms with Crippen LogP contribution in [0.2, 0.25) is 0 Å². The minimum atomic E-state index is -1.03. The third-order valence-electron chi connectivity index (χ3n) is 6.86. The number of thiazole rings is 1. The number of anilines is 4. The van der Waals surface area contributed by atoms with Crippen molar-refractivity contribution in [2.45, 2.75) is 51.7 Å². The van der Waals surface area contributed by atoms with Gasteiger partial charge in [0, 0.05) is 43.9 Å². The molecule has 12 nitrogen and oxygen atoms in total. The number of rotatable bonds is 7. The average molecular weight is 540 g/mol. The molecule has 3 N–H and O–H groups in total. The molecule has 5 rings (SSSR count). The van der Waals surface area contributed by atoms with E-state index in [1.807, 2.05) is 0 Å². The highest BCUT2D eigenvalue weighted by Crippen LogP contribution is 2.36. The third-order valence-corrected chi connectivity index (χ3v) is 7.92. The summed E-state index contributed by atoms with van der Waals surface area (Å²) in [6.45, 7) is 4.29. The van der Waals surface area contributed by atoms with Gasteiger partial charge in [-0.25, -0.2) is 9.78 Å². The zero-order chi connectivity index (χ0) is 26.8. The zero-order valence-electron chi connectivity index (χ0n) is 21.0. The van der Waals surface area contributed by atoms with Crippen LogP contribution in [0.25, 0.3) is 0 Å². The Balaban J connectivity index is 1.53. The first-order valence-electron chi connectivity index (χ1n) is 12.6. The fraction of sp³-hybridized carbons (Fsp3) is 0.440. The van der Waals surface area contributed by atoms with Crippen molar-refractivity contribution in [1.82, 2.24) is 15.0 Å². The summed E-state index contributed by atoms with van der Waals surface area (Å²) in [6, 6.07) is 6.55. The van der Waals surface area contributed by atoms with Crippen LogP contribution in [0.3, 0.4) is 0 Å². The lowest BCUT2D eigenvalue weighted by atomic mass is 10.1. The lowest BCUT2D eigenvalue weighted by Crippen LogP contribution is -2.37. The van der Waals surface area contributed by atoms with E-state index >= 15 is 0 Å². The van der Waals surface area contributed by atoms with Crippen LogP contribution < -0.4 is 15.1 Å².